The van der Waals surface area contributed by atoms with Gasteiger partial charge in [0.15, 0.2) is 17.2 Å². The van der Waals surface area contributed by atoms with E-state index in [0.717, 1.165) is 16.5 Å². The normalized spacial score (nSPS) is 10.4. The number of hydrogen-bond acceptors (Lipinski definition) is 5. The van der Waals surface area contributed by atoms with Gasteiger partial charge < -0.3 is 14.6 Å². The van der Waals surface area contributed by atoms with Gasteiger partial charge in [-0.1, -0.05) is 6.92 Å². The van der Waals surface area contributed by atoms with E-state index >= 15 is 0 Å². The number of rotatable bonds is 6. The van der Waals surface area contributed by atoms with Gasteiger partial charge in [0.25, 0.3) is 0 Å². The third-order valence-electron chi connectivity index (χ3n) is 2.65. The predicted molar refractivity (Wildman–Crippen MR) is 84.5 cm³/mol. The quantitative estimate of drug-likeness (QED) is 0.828. The predicted octanol–water partition coefficient (Wildman–Crippen LogP) is 4.07. The fourth-order valence-electron chi connectivity index (χ4n) is 1.69. The molecule has 0 saturated carbocycles. The molecule has 0 atom stereocenters. The number of aromatic nitrogens is 1. The number of thiazole rings is 1. The van der Waals surface area contributed by atoms with Crippen molar-refractivity contribution in [2.45, 2.75) is 13.3 Å². The number of aromatic carboxylic acids is 1. The topological polar surface area (TPSA) is 68.7 Å². The highest BCUT2D eigenvalue weighted by molar-refractivity contribution is 9.10. The zero-order valence-corrected chi connectivity index (χ0v) is 14.0. The van der Waals surface area contributed by atoms with Crippen molar-refractivity contribution in [3.05, 3.63) is 27.7 Å². The summed E-state index contributed by atoms with van der Waals surface area (Å²) in [5, 5.41) is 11.1. The van der Waals surface area contributed by atoms with Gasteiger partial charge >= 0.3 is 5.97 Å². The van der Waals surface area contributed by atoms with Crippen LogP contribution >= 0.6 is 27.3 Å². The number of nitrogens with zero attached hydrogens (tertiary/aromatic N) is 1. The third-order valence-corrected chi connectivity index (χ3v) is 4.13. The molecule has 1 aromatic carbocycles. The Morgan fingerprint density at radius 1 is 1.48 bits per heavy atom. The summed E-state index contributed by atoms with van der Waals surface area (Å²) in [6, 6.07) is 3.64. The van der Waals surface area contributed by atoms with Gasteiger partial charge in [-0.15, -0.1) is 11.3 Å². The Hall–Kier alpha value is -1.60. The highest BCUT2D eigenvalue weighted by Crippen LogP contribution is 2.40. The molecule has 1 heterocycles. The minimum Gasteiger partial charge on any atom is -0.493 e. The zero-order valence-electron chi connectivity index (χ0n) is 11.6. The van der Waals surface area contributed by atoms with E-state index in [4.69, 9.17) is 14.6 Å². The highest BCUT2D eigenvalue weighted by atomic mass is 79.9. The molecule has 0 unspecified atom stereocenters. The summed E-state index contributed by atoms with van der Waals surface area (Å²) < 4.78 is 11.8. The molecule has 0 spiro atoms. The van der Waals surface area contributed by atoms with Gasteiger partial charge in [0.1, 0.15) is 5.01 Å². The van der Waals surface area contributed by atoms with Crippen molar-refractivity contribution in [2.24, 2.45) is 0 Å². The second-order valence-corrected chi connectivity index (χ2v) is 5.89. The molecule has 0 bridgehead atoms. The monoisotopic (exact) mass is 371 g/mol. The molecular formula is C14H14BrNO4S. The second-order valence-electron chi connectivity index (χ2n) is 4.18. The Balaban J connectivity index is 2.40. The van der Waals surface area contributed by atoms with E-state index in [1.165, 1.54) is 16.7 Å². The minimum absolute atomic E-state index is 0.0383. The van der Waals surface area contributed by atoms with Gasteiger partial charge in [0.05, 0.1) is 18.2 Å². The maximum Gasteiger partial charge on any atom is 0.355 e. The van der Waals surface area contributed by atoms with E-state index < -0.39 is 5.97 Å². The van der Waals surface area contributed by atoms with Crippen molar-refractivity contribution in [1.29, 1.82) is 0 Å². The highest BCUT2D eigenvalue weighted by Gasteiger charge is 2.16. The van der Waals surface area contributed by atoms with Crippen LogP contribution in [0.5, 0.6) is 11.5 Å². The van der Waals surface area contributed by atoms with E-state index in [1.807, 2.05) is 13.0 Å². The average molecular weight is 372 g/mol. The molecule has 1 N–H and O–H groups in total. The van der Waals surface area contributed by atoms with Crippen LogP contribution in [0, 0.1) is 0 Å². The molecule has 2 aromatic rings. The molecule has 0 fully saturated rings. The zero-order chi connectivity index (χ0) is 15.4. The summed E-state index contributed by atoms with van der Waals surface area (Å²) in [6.45, 7) is 2.62. The lowest BCUT2D eigenvalue weighted by molar-refractivity contribution is 0.0691. The Kier molecular flexibility index (Phi) is 5.19. The van der Waals surface area contributed by atoms with E-state index in [2.05, 4.69) is 20.9 Å². The van der Waals surface area contributed by atoms with Crippen molar-refractivity contribution in [3.63, 3.8) is 0 Å². The van der Waals surface area contributed by atoms with Crippen LogP contribution in [0.4, 0.5) is 0 Å². The van der Waals surface area contributed by atoms with Crippen LogP contribution in [0.1, 0.15) is 23.8 Å². The standard InChI is InChI=1S/C14H14BrNO4S/c1-3-4-20-12-9(15)5-8(6-11(12)19-2)13-16-10(7-21-13)14(17)18/h5-7H,3-4H2,1-2H3,(H,17,18). The smallest absolute Gasteiger partial charge is 0.355 e. The Bertz CT molecular complexity index is 656. The summed E-state index contributed by atoms with van der Waals surface area (Å²) >= 11 is 4.73. The first-order valence-electron chi connectivity index (χ1n) is 6.26. The third kappa shape index (κ3) is 3.54. The van der Waals surface area contributed by atoms with Crippen LogP contribution in [0.3, 0.4) is 0 Å². The first-order valence-corrected chi connectivity index (χ1v) is 7.93. The van der Waals surface area contributed by atoms with Crippen molar-refractivity contribution in [3.8, 4) is 22.1 Å². The molecule has 0 saturated heterocycles. The lowest BCUT2D eigenvalue weighted by Crippen LogP contribution is -1.99. The first kappa shape index (κ1) is 15.8. The van der Waals surface area contributed by atoms with Crippen molar-refractivity contribution in [1.82, 2.24) is 4.98 Å². The Morgan fingerprint density at radius 2 is 2.24 bits per heavy atom. The van der Waals surface area contributed by atoms with Gasteiger partial charge in [0.2, 0.25) is 0 Å². The van der Waals surface area contributed by atoms with E-state index in [0.29, 0.717) is 23.1 Å². The number of halogens is 1. The summed E-state index contributed by atoms with van der Waals surface area (Å²) in [6.07, 6.45) is 0.895. The maximum atomic E-state index is 10.9. The SMILES string of the molecule is CCCOc1c(Br)cc(-c2nc(C(=O)O)cs2)cc1OC. The summed E-state index contributed by atoms with van der Waals surface area (Å²) in [5.41, 5.74) is 0.816. The van der Waals surface area contributed by atoms with E-state index in [9.17, 15) is 4.79 Å². The minimum atomic E-state index is -1.04. The van der Waals surface area contributed by atoms with Gasteiger partial charge in [-0.05, 0) is 34.5 Å². The number of carboxylic acid groups (broad SMARTS) is 1. The lowest BCUT2D eigenvalue weighted by atomic mass is 10.2. The van der Waals surface area contributed by atoms with Crippen LogP contribution in [0.15, 0.2) is 22.0 Å². The van der Waals surface area contributed by atoms with Crippen molar-refractivity contribution in [2.75, 3.05) is 13.7 Å². The van der Waals surface area contributed by atoms with E-state index in [1.54, 1.807) is 13.2 Å². The molecule has 5 nitrogen and oxygen atoms in total. The maximum absolute atomic E-state index is 10.9. The van der Waals surface area contributed by atoms with Gasteiger partial charge in [0, 0.05) is 10.9 Å². The molecule has 0 aliphatic heterocycles. The number of benzene rings is 1. The van der Waals surface area contributed by atoms with Crippen LogP contribution in [0.25, 0.3) is 10.6 Å². The van der Waals surface area contributed by atoms with Crippen molar-refractivity contribution < 1.29 is 19.4 Å². The van der Waals surface area contributed by atoms with Gasteiger partial charge in [-0.25, -0.2) is 9.78 Å². The largest absolute Gasteiger partial charge is 0.493 e. The number of ether oxygens (including phenoxy) is 2. The number of carboxylic acids is 1. The lowest BCUT2D eigenvalue weighted by Gasteiger charge is -2.13. The molecule has 7 heteroatoms. The number of hydrogen-bond donors (Lipinski definition) is 1. The van der Waals surface area contributed by atoms with Crippen LogP contribution in [-0.4, -0.2) is 29.8 Å². The molecule has 0 radical (unpaired) electrons. The number of carbonyl (C=O) groups is 1. The Morgan fingerprint density at radius 3 is 2.81 bits per heavy atom. The van der Waals surface area contributed by atoms with Crippen LogP contribution in [0.2, 0.25) is 0 Å². The van der Waals surface area contributed by atoms with Crippen LogP contribution < -0.4 is 9.47 Å². The fourth-order valence-corrected chi connectivity index (χ4v) is 3.03. The molecule has 112 valence electrons. The Labute approximate surface area is 134 Å². The van der Waals surface area contributed by atoms with Crippen LogP contribution in [-0.2, 0) is 0 Å². The molecule has 0 amide bonds. The number of methoxy groups -OCH3 is 1. The second kappa shape index (κ2) is 6.91. The van der Waals surface area contributed by atoms with E-state index in [-0.39, 0.29) is 5.69 Å². The summed E-state index contributed by atoms with van der Waals surface area (Å²) in [5.74, 6) is 0.185. The first-order chi connectivity index (χ1) is 10.1. The summed E-state index contributed by atoms with van der Waals surface area (Å²) in [4.78, 5) is 15.0. The van der Waals surface area contributed by atoms with Gasteiger partial charge in [-0.2, -0.15) is 0 Å². The molecule has 0 aliphatic rings. The fraction of sp³-hybridized carbons (Fsp3) is 0.286. The molecule has 0 aliphatic carbocycles. The molecule has 1 aromatic heterocycles. The van der Waals surface area contributed by atoms with Gasteiger partial charge in [-0.3, -0.25) is 0 Å². The summed E-state index contributed by atoms with van der Waals surface area (Å²) in [7, 11) is 1.56. The average Bonchev–Trinajstić information content (AvgIpc) is 2.95. The molecule has 21 heavy (non-hydrogen) atoms. The van der Waals surface area contributed by atoms with Crippen molar-refractivity contribution >= 4 is 33.2 Å². The molecule has 2 rings (SSSR count). The molecular weight excluding hydrogens is 358 g/mol.